The van der Waals surface area contributed by atoms with E-state index in [1.807, 2.05) is 13.8 Å². The Hall–Kier alpha value is -3.46. The molecule has 0 unspecified atom stereocenters. The van der Waals surface area contributed by atoms with Crippen LogP contribution in [-0.2, 0) is 17.8 Å². The lowest BCUT2D eigenvalue weighted by Crippen LogP contribution is -2.31. The van der Waals surface area contributed by atoms with Crippen molar-refractivity contribution in [3.63, 3.8) is 0 Å². The van der Waals surface area contributed by atoms with Crippen LogP contribution in [0.4, 0.5) is 4.39 Å². The van der Waals surface area contributed by atoms with E-state index >= 15 is 0 Å². The third-order valence-electron chi connectivity index (χ3n) is 4.69. The van der Waals surface area contributed by atoms with Gasteiger partial charge in [-0.05, 0) is 38.0 Å². The summed E-state index contributed by atoms with van der Waals surface area (Å²) in [5, 5.41) is 12.9. The molecule has 0 radical (unpaired) electrons. The van der Waals surface area contributed by atoms with E-state index in [-0.39, 0.29) is 23.7 Å². The molecule has 3 aromatic rings. The maximum atomic E-state index is 13.0. The van der Waals surface area contributed by atoms with Crippen molar-refractivity contribution in [2.75, 3.05) is 6.61 Å². The number of ether oxygens (including phenoxy) is 1. The Morgan fingerprint density at radius 3 is 2.58 bits per heavy atom. The van der Waals surface area contributed by atoms with Gasteiger partial charge in [0, 0.05) is 38.3 Å². The van der Waals surface area contributed by atoms with Gasteiger partial charge in [-0.15, -0.1) is 0 Å². The summed E-state index contributed by atoms with van der Waals surface area (Å²) in [5.41, 5.74) is -1.34. The van der Waals surface area contributed by atoms with Gasteiger partial charge in [0.05, 0.1) is 6.10 Å². The Morgan fingerprint density at radius 2 is 1.90 bits per heavy atom. The summed E-state index contributed by atoms with van der Waals surface area (Å²) in [7, 11) is 0. The summed E-state index contributed by atoms with van der Waals surface area (Å²) >= 11 is 0. The van der Waals surface area contributed by atoms with Gasteiger partial charge in [-0.1, -0.05) is 12.1 Å². The molecule has 0 atom stereocenters. The molecule has 8 nitrogen and oxygen atoms in total. The average molecular weight is 429 g/mol. The van der Waals surface area contributed by atoms with E-state index in [0.717, 1.165) is 0 Å². The molecular weight excluding hydrogens is 405 g/mol. The molecular formula is C22H24FN3O5. The summed E-state index contributed by atoms with van der Waals surface area (Å²) < 4.78 is 21.1. The normalized spacial score (nSPS) is 11.2. The van der Waals surface area contributed by atoms with Crippen LogP contribution in [0.2, 0.25) is 0 Å². The molecule has 0 spiro atoms. The zero-order chi connectivity index (χ0) is 22.5. The molecule has 0 aliphatic heterocycles. The Balaban J connectivity index is 1.82. The highest BCUT2D eigenvalue weighted by atomic mass is 19.1. The fourth-order valence-corrected chi connectivity index (χ4v) is 3.08. The van der Waals surface area contributed by atoms with Gasteiger partial charge in [-0.3, -0.25) is 14.4 Å². The first kappa shape index (κ1) is 22.2. The van der Waals surface area contributed by atoms with Crippen LogP contribution in [0.1, 0.15) is 36.2 Å². The monoisotopic (exact) mass is 429 g/mol. The summed E-state index contributed by atoms with van der Waals surface area (Å²) in [6.07, 6.45) is 4.90. The van der Waals surface area contributed by atoms with Gasteiger partial charge < -0.3 is 24.1 Å². The van der Waals surface area contributed by atoms with Crippen LogP contribution in [0.5, 0.6) is 5.75 Å². The fraction of sp³-hybridized carbons (Fsp3) is 0.318. The maximum absolute atomic E-state index is 13.0. The van der Waals surface area contributed by atoms with Crippen LogP contribution < -0.4 is 16.3 Å². The number of carbonyl (C=O) groups excluding carboxylic acids is 1. The third kappa shape index (κ3) is 5.18. The fourth-order valence-electron chi connectivity index (χ4n) is 3.08. The van der Waals surface area contributed by atoms with Gasteiger partial charge in [0.2, 0.25) is 5.43 Å². The molecule has 3 rings (SSSR count). The number of fused-ring (bicyclic) bond motifs is 1. The van der Waals surface area contributed by atoms with E-state index < -0.39 is 28.5 Å². The summed E-state index contributed by atoms with van der Waals surface area (Å²) in [5.74, 6) is -1.90. The first-order chi connectivity index (χ1) is 14.8. The van der Waals surface area contributed by atoms with E-state index in [1.165, 1.54) is 51.8 Å². The predicted octanol–water partition coefficient (Wildman–Crippen LogP) is 2.05. The number of aromatic hydroxyl groups is 1. The van der Waals surface area contributed by atoms with E-state index in [2.05, 4.69) is 5.32 Å². The highest BCUT2D eigenvalue weighted by Crippen LogP contribution is 2.11. The molecule has 2 aromatic heterocycles. The number of rotatable bonds is 8. The number of nitrogens with zero attached hydrogens (tertiary/aromatic N) is 2. The minimum absolute atomic E-state index is 0.0715. The van der Waals surface area contributed by atoms with E-state index in [4.69, 9.17) is 4.74 Å². The Labute approximate surface area is 177 Å². The van der Waals surface area contributed by atoms with Crippen LogP contribution in [0, 0.1) is 5.82 Å². The lowest BCUT2D eigenvalue weighted by atomic mass is 10.2. The molecule has 9 heteroatoms. The van der Waals surface area contributed by atoms with Crippen molar-refractivity contribution in [2.45, 2.75) is 39.5 Å². The third-order valence-corrected chi connectivity index (χ3v) is 4.69. The number of halogens is 1. The minimum atomic E-state index is -0.936. The van der Waals surface area contributed by atoms with Crippen LogP contribution in [0.3, 0.4) is 0 Å². The van der Waals surface area contributed by atoms with Gasteiger partial charge in [0.25, 0.3) is 11.5 Å². The van der Waals surface area contributed by atoms with Crippen molar-refractivity contribution < 1.29 is 19.0 Å². The van der Waals surface area contributed by atoms with Crippen molar-refractivity contribution in [3.05, 3.63) is 80.4 Å². The quantitative estimate of drug-likeness (QED) is 0.534. The molecule has 0 bridgehead atoms. The summed E-state index contributed by atoms with van der Waals surface area (Å²) in [6, 6.07) is 5.54. The number of hydrogen-bond acceptors (Lipinski definition) is 5. The largest absolute Gasteiger partial charge is 0.503 e. The van der Waals surface area contributed by atoms with Gasteiger partial charge in [0.1, 0.15) is 11.4 Å². The number of amides is 1. The summed E-state index contributed by atoms with van der Waals surface area (Å²) in [4.78, 5) is 37.7. The Kier molecular flexibility index (Phi) is 6.86. The SMILES string of the molecule is CC(C)OCCCn1ccn2cc(C(=O)NCc3ccc(F)cc3)c(=O)c(O)c2c1=O. The molecule has 0 saturated heterocycles. The molecule has 0 aliphatic carbocycles. The Morgan fingerprint density at radius 1 is 1.19 bits per heavy atom. The van der Waals surface area contributed by atoms with Crippen molar-refractivity contribution in [1.82, 2.24) is 14.3 Å². The number of benzene rings is 1. The zero-order valence-electron chi connectivity index (χ0n) is 17.3. The van der Waals surface area contributed by atoms with Gasteiger partial charge in [-0.2, -0.15) is 0 Å². The minimum Gasteiger partial charge on any atom is -0.503 e. The van der Waals surface area contributed by atoms with Gasteiger partial charge >= 0.3 is 0 Å². The van der Waals surface area contributed by atoms with Gasteiger partial charge in [0.15, 0.2) is 11.3 Å². The van der Waals surface area contributed by atoms with E-state index in [0.29, 0.717) is 25.1 Å². The second-order valence-corrected chi connectivity index (χ2v) is 7.36. The molecule has 0 saturated carbocycles. The number of pyridine rings is 1. The van der Waals surface area contributed by atoms with Crippen LogP contribution in [0.15, 0.2) is 52.4 Å². The lowest BCUT2D eigenvalue weighted by Gasteiger charge is -2.12. The highest BCUT2D eigenvalue weighted by Gasteiger charge is 2.19. The number of aromatic nitrogens is 2. The molecule has 2 N–H and O–H groups in total. The molecule has 1 amide bonds. The molecule has 2 heterocycles. The van der Waals surface area contributed by atoms with Crippen molar-refractivity contribution in [2.24, 2.45) is 0 Å². The Bertz CT molecular complexity index is 1200. The summed E-state index contributed by atoms with van der Waals surface area (Å²) in [6.45, 7) is 4.74. The lowest BCUT2D eigenvalue weighted by molar-refractivity contribution is 0.0747. The number of hydrogen-bond donors (Lipinski definition) is 2. The van der Waals surface area contributed by atoms with Crippen molar-refractivity contribution in [1.29, 1.82) is 0 Å². The number of carbonyl (C=O) groups is 1. The predicted molar refractivity (Wildman–Crippen MR) is 113 cm³/mol. The smallest absolute Gasteiger partial charge is 0.278 e. The van der Waals surface area contributed by atoms with Crippen LogP contribution in [-0.4, -0.2) is 32.7 Å². The van der Waals surface area contributed by atoms with Gasteiger partial charge in [-0.25, -0.2) is 4.39 Å². The van der Waals surface area contributed by atoms with E-state index in [9.17, 15) is 23.9 Å². The maximum Gasteiger partial charge on any atom is 0.278 e. The first-order valence-corrected chi connectivity index (χ1v) is 9.89. The number of nitrogens with one attached hydrogen (secondary N) is 1. The van der Waals surface area contributed by atoms with Crippen molar-refractivity contribution >= 4 is 11.4 Å². The molecule has 164 valence electrons. The van der Waals surface area contributed by atoms with Crippen LogP contribution >= 0.6 is 0 Å². The highest BCUT2D eigenvalue weighted by molar-refractivity contribution is 5.94. The standard InChI is InChI=1S/C22H24FN3O5/c1-14(2)31-11-3-8-25-9-10-26-13-17(19(27)20(28)18(26)22(25)30)21(29)24-12-15-4-6-16(23)7-5-15/h4-7,9-10,13-14,28H,3,8,11-12H2,1-2H3,(H,24,29). The zero-order valence-corrected chi connectivity index (χ0v) is 17.3. The van der Waals surface area contributed by atoms with E-state index in [1.54, 1.807) is 0 Å². The molecule has 31 heavy (non-hydrogen) atoms. The molecule has 1 aromatic carbocycles. The second kappa shape index (κ2) is 9.57. The second-order valence-electron chi connectivity index (χ2n) is 7.36. The van der Waals surface area contributed by atoms with Crippen LogP contribution in [0.25, 0.3) is 5.52 Å². The molecule has 0 aliphatic rings. The topological polar surface area (TPSA) is 102 Å². The molecule has 0 fully saturated rings. The first-order valence-electron chi connectivity index (χ1n) is 9.89. The van der Waals surface area contributed by atoms with Crippen molar-refractivity contribution in [3.8, 4) is 5.75 Å². The average Bonchev–Trinajstić information content (AvgIpc) is 2.74. The number of aryl methyl sites for hydroxylation is 1.